The Hall–Kier alpha value is -2.16. The normalized spacial score (nSPS) is 14.3. The molecule has 0 aliphatic rings. The van der Waals surface area contributed by atoms with Crippen molar-refractivity contribution >= 4 is 23.7 Å². The van der Waals surface area contributed by atoms with E-state index in [1.807, 2.05) is 13.8 Å². The van der Waals surface area contributed by atoms with Gasteiger partial charge in [0.25, 0.3) is 0 Å². The molecule has 0 aromatic carbocycles. The lowest BCUT2D eigenvalue weighted by Crippen LogP contribution is -2.55. The summed E-state index contributed by atoms with van der Waals surface area (Å²) in [6.45, 7) is 4.77. The van der Waals surface area contributed by atoms with Crippen molar-refractivity contribution in [1.82, 2.24) is 16.0 Å². The molecule has 23 heavy (non-hydrogen) atoms. The first-order chi connectivity index (χ1) is 10.7. The average Bonchev–Trinajstić information content (AvgIpc) is 2.49. The molecule has 3 amide bonds. The van der Waals surface area contributed by atoms with Gasteiger partial charge in [0, 0.05) is 13.0 Å². The van der Waals surface area contributed by atoms with E-state index < -0.39 is 36.4 Å². The lowest BCUT2D eigenvalue weighted by molar-refractivity contribution is -0.138. The number of carbonyl (C=O) groups is 4. The Morgan fingerprint density at radius 1 is 1.09 bits per heavy atom. The van der Waals surface area contributed by atoms with Crippen LogP contribution >= 0.6 is 0 Å². The number of nitrogens with two attached hydrogens (primary N) is 1. The number of hydrogen-bond acceptors (Lipinski definition) is 5. The fourth-order valence-corrected chi connectivity index (χ4v) is 1.76. The van der Waals surface area contributed by atoms with E-state index in [1.54, 1.807) is 0 Å². The number of carboxylic acids is 1. The topological polar surface area (TPSA) is 151 Å². The van der Waals surface area contributed by atoms with Gasteiger partial charge < -0.3 is 26.8 Å². The highest BCUT2D eigenvalue weighted by Gasteiger charge is 2.28. The highest BCUT2D eigenvalue weighted by atomic mass is 16.4. The molecule has 0 rings (SSSR count). The fraction of sp³-hybridized carbons (Fsp3) is 0.714. The van der Waals surface area contributed by atoms with Crippen LogP contribution in [0, 0.1) is 5.92 Å². The Labute approximate surface area is 135 Å². The molecule has 0 radical (unpaired) electrons. The van der Waals surface area contributed by atoms with E-state index >= 15 is 0 Å². The summed E-state index contributed by atoms with van der Waals surface area (Å²) in [5.74, 6) is -2.76. The Morgan fingerprint density at radius 2 is 1.70 bits per heavy atom. The minimum absolute atomic E-state index is 0.106. The van der Waals surface area contributed by atoms with Gasteiger partial charge in [0.05, 0.1) is 0 Å². The molecule has 0 spiro atoms. The van der Waals surface area contributed by atoms with Gasteiger partial charge in [0.1, 0.15) is 18.6 Å². The van der Waals surface area contributed by atoms with Crippen molar-refractivity contribution in [3.05, 3.63) is 0 Å². The maximum absolute atomic E-state index is 12.3. The molecule has 0 fully saturated rings. The van der Waals surface area contributed by atoms with Crippen LogP contribution in [0.2, 0.25) is 0 Å². The van der Waals surface area contributed by atoms with E-state index in [9.17, 15) is 19.2 Å². The van der Waals surface area contributed by atoms with Gasteiger partial charge in [-0.05, 0) is 12.8 Å². The van der Waals surface area contributed by atoms with E-state index in [4.69, 9.17) is 10.8 Å². The molecule has 0 unspecified atom stereocenters. The van der Waals surface area contributed by atoms with Crippen molar-refractivity contribution in [3.8, 4) is 0 Å². The Balaban J connectivity index is 4.72. The van der Waals surface area contributed by atoms with Crippen LogP contribution in [0.15, 0.2) is 0 Å². The molecule has 9 heteroatoms. The third-order valence-electron chi connectivity index (χ3n) is 3.35. The van der Waals surface area contributed by atoms with Crippen LogP contribution in [-0.4, -0.2) is 54.0 Å². The Bertz CT molecular complexity index is 441. The van der Waals surface area contributed by atoms with Crippen LogP contribution in [0.5, 0.6) is 0 Å². The van der Waals surface area contributed by atoms with Crippen LogP contribution < -0.4 is 21.7 Å². The first kappa shape index (κ1) is 20.8. The first-order valence-corrected chi connectivity index (χ1v) is 7.52. The zero-order valence-corrected chi connectivity index (χ0v) is 13.7. The number of hydrogen-bond donors (Lipinski definition) is 5. The smallest absolute Gasteiger partial charge is 0.322 e. The third-order valence-corrected chi connectivity index (χ3v) is 3.35. The largest absolute Gasteiger partial charge is 0.480 e. The highest BCUT2D eigenvalue weighted by Crippen LogP contribution is 2.08. The van der Waals surface area contributed by atoms with Gasteiger partial charge in [-0.1, -0.05) is 20.3 Å². The van der Waals surface area contributed by atoms with Gasteiger partial charge in [-0.3, -0.25) is 19.2 Å². The molecule has 0 aliphatic heterocycles. The van der Waals surface area contributed by atoms with E-state index in [-0.39, 0.29) is 24.8 Å². The fourth-order valence-electron chi connectivity index (χ4n) is 1.76. The van der Waals surface area contributed by atoms with Crippen molar-refractivity contribution in [2.24, 2.45) is 11.7 Å². The molecule has 0 aromatic rings. The average molecular weight is 330 g/mol. The molecular weight excluding hydrogens is 304 g/mol. The predicted octanol–water partition coefficient (Wildman–Crippen LogP) is -1.43. The van der Waals surface area contributed by atoms with Gasteiger partial charge >= 0.3 is 5.97 Å². The summed E-state index contributed by atoms with van der Waals surface area (Å²) in [7, 11) is 0. The van der Waals surface area contributed by atoms with Gasteiger partial charge in [0.2, 0.25) is 17.7 Å². The highest BCUT2D eigenvalue weighted by molar-refractivity contribution is 5.92. The zero-order valence-electron chi connectivity index (χ0n) is 13.7. The summed E-state index contributed by atoms with van der Waals surface area (Å²) in [6, 6.07) is -1.70. The molecule has 0 bridgehead atoms. The molecule has 0 heterocycles. The van der Waals surface area contributed by atoms with Crippen molar-refractivity contribution in [3.63, 3.8) is 0 Å². The predicted molar refractivity (Wildman–Crippen MR) is 83.3 cm³/mol. The van der Waals surface area contributed by atoms with Gasteiger partial charge in [-0.25, -0.2) is 0 Å². The molecule has 9 nitrogen and oxygen atoms in total. The SMILES string of the molecule is CC[C@H](C)[C@H](NC(=O)CCN)C(=O)N[C@@H](C)C(=O)NCC(=O)O. The van der Waals surface area contributed by atoms with E-state index in [0.717, 1.165) is 0 Å². The maximum atomic E-state index is 12.3. The second kappa shape index (κ2) is 10.5. The Kier molecular flexibility index (Phi) is 9.56. The molecule has 0 saturated heterocycles. The van der Waals surface area contributed by atoms with Crippen molar-refractivity contribution in [2.75, 3.05) is 13.1 Å². The van der Waals surface area contributed by atoms with Crippen LogP contribution in [0.25, 0.3) is 0 Å². The summed E-state index contributed by atoms with van der Waals surface area (Å²) >= 11 is 0. The molecule has 0 saturated carbocycles. The number of amides is 3. The number of aliphatic carboxylic acids is 1. The first-order valence-electron chi connectivity index (χ1n) is 7.52. The molecule has 6 N–H and O–H groups in total. The summed E-state index contributed by atoms with van der Waals surface area (Å²) in [6.07, 6.45) is 0.759. The van der Waals surface area contributed by atoms with Gasteiger partial charge in [0.15, 0.2) is 0 Å². The molecular formula is C14H26N4O5. The second-order valence-electron chi connectivity index (χ2n) is 5.31. The summed E-state index contributed by atoms with van der Waals surface area (Å²) in [4.78, 5) is 46.0. The lowest BCUT2D eigenvalue weighted by atomic mass is 9.97. The molecule has 0 aliphatic carbocycles. The summed E-state index contributed by atoms with van der Waals surface area (Å²) in [5, 5.41) is 15.8. The minimum Gasteiger partial charge on any atom is -0.480 e. The summed E-state index contributed by atoms with van der Waals surface area (Å²) < 4.78 is 0. The number of rotatable bonds is 10. The zero-order chi connectivity index (χ0) is 18.0. The molecule has 0 aromatic heterocycles. The van der Waals surface area contributed by atoms with Gasteiger partial charge in [-0.15, -0.1) is 0 Å². The second-order valence-corrected chi connectivity index (χ2v) is 5.31. The van der Waals surface area contributed by atoms with Crippen molar-refractivity contribution in [2.45, 2.75) is 45.7 Å². The van der Waals surface area contributed by atoms with Crippen LogP contribution in [0.1, 0.15) is 33.6 Å². The third kappa shape index (κ3) is 8.15. The quantitative estimate of drug-likeness (QED) is 0.331. The minimum atomic E-state index is -1.18. The summed E-state index contributed by atoms with van der Waals surface area (Å²) in [5.41, 5.74) is 5.31. The van der Waals surface area contributed by atoms with Crippen molar-refractivity contribution in [1.29, 1.82) is 0 Å². The van der Waals surface area contributed by atoms with E-state index in [1.165, 1.54) is 6.92 Å². The van der Waals surface area contributed by atoms with E-state index in [2.05, 4.69) is 16.0 Å². The monoisotopic (exact) mass is 330 g/mol. The van der Waals surface area contributed by atoms with Crippen LogP contribution in [-0.2, 0) is 19.2 Å². The number of carboxylic acid groups (broad SMARTS) is 1. The molecule has 3 atom stereocenters. The lowest BCUT2D eigenvalue weighted by Gasteiger charge is -2.25. The maximum Gasteiger partial charge on any atom is 0.322 e. The standard InChI is InChI=1S/C14H26N4O5/c1-4-8(2)12(18-10(19)5-6-15)14(23)17-9(3)13(22)16-7-11(20)21/h8-9,12H,4-7,15H2,1-3H3,(H,16,22)(H,17,23)(H,18,19)(H,20,21)/t8-,9-,12-/m0/s1. The number of carbonyl (C=O) groups excluding carboxylic acids is 3. The Morgan fingerprint density at radius 3 is 2.17 bits per heavy atom. The van der Waals surface area contributed by atoms with Crippen LogP contribution in [0.3, 0.4) is 0 Å². The van der Waals surface area contributed by atoms with Gasteiger partial charge in [-0.2, -0.15) is 0 Å². The van der Waals surface area contributed by atoms with Crippen molar-refractivity contribution < 1.29 is 24.3 Å². The van der Waals surface area contributed by atoms with Crippen LogP contribution in [0.4, 0.5) is 0 Å². The molecule has 132 valence electrons. The van der Waals surface area contributed by atoms with E-state index in [0.29, 0.717) is 6.42 Å². The number of nitrogens with one attached hydrogen (secondary N) is 3.